The Hall–Kier alpha value is -2.35. The van der Waals surface area contributed by atoms with Crippen molar-refractivity contribution in [1.82, 2.24) is 9.61 Å². The number of nitriles is 1. The lowest BCUT2D eigenvalue weighted by Crippen LogP contribution is -1.99. The zero-order valence-corrected chi connectivity index (χ0v) is 7.71. The van der Waals surface area contributed by atoms with Crippen molar-refractivity contribution in [3.63, 3.8) is 0 Å². The predicted octanol–water partition coefficient (Wildman–Crippen LogP) is 1.10. The average Bonchev–Trinajstić information content (AvgIpc) is 2.59. The Morgan fingerprint density at radius 1 is 1.67 bits per heavy atom. The van der Waals surface area contributed by atoms with E-state index in [4.69, 9.17) is 10.4 Å². The van der Waals surface area contributed by atoms with Gasteiger partial charge >= 0.3 is 5.97 Å². The fourth-order valence-electron chi connectivity index (χ4n) is 1.41. The molecule has 5 heteroatoms. The number of carboxylic acids is 1. The molecular formula is C10H7N3O2. The third-order valence-corrected chi connectivity index (χ3v) is 2.04. The zero-order valence-electron chi connectivity index (χ0n) is 7.71. The van der Waals surface area contributed by atoms with Gasteiger partial charge in [0.05, 0.1) is 29.3 Å². The van der Waals surface area contributed by atoms with Crippen molar-refractivity contribution in [2.24, 2.45) is 0 Å². The second kappa shape index (κ2) is 3.42. The maximum absolute atomic E-state index is 10.9. The minimum absolute atomic E-state index is 0.181. The lowest BCUT2D eigenvalue weighted by Gasteiger charge is -1.96. The first-order chi connectivity index (χ1) is 7.22. The number of carbonyl (C=O) groups is 1. The molecule has 2 aromatic rings. The molecule has 0 bridgehead atoms. The second-order valence-electron chi connectivity index (χ2n) is 3.03. The Kier molecular flexibility index (Phi) is 2.10. The molecule has 0 aliphatic carbocycles. The highest BCUT2D eigenvalue weighted by Gasteiger charge is 2.10. The molecule has 2 rings (SSSR count). The highest BCUT2D eigenvalue weighted by Crippen LogP contribution is 2.12. The Morgan fingerprint density at radius 3 is 3.13 bits per heavy atom. The molecule has 0 saturated heterocycles. The molecule has 0 fully saturated rings. The summed E-state index contributed by atoms with van der Waals surface area (Å²) in [5.41, 5.74) is 1.27. The summed E-state index contributed by atoms with van der Waals surface area (Å²) in [5.74, 6) is -0.996. The summed E-state index contributed by atoms with van der Waals surface area (Å²) in [6.07, 6.45) is 1.84. The molecule has 74 valence electrons. The summed E-state index contributed by atoms with van der Waals surface area (Å²) >= 11 is 0. The van der Waals surface area contributed by atoms with Gasteiger partial charge in [0, 0.05) is 6.20 Å². The Morgan fingerprint density at radius 2 is 2.47 bits per heavy atom. The lowest BCUT2D eigenvalue weighted by molar-refractivity contribution is 0.0698. The Balaban J connectivity index is 2.65. The molecule has 2 heterocycles. The van der Waals surface area contributed by atoms with Crippen molar-refractivity contribution >= 4 is 11.5 Å². The third-order valence-electron chi connectivity index (χ3n) is 2.04. The predicted molar refractivity (Wildman–Crippen MR) is 51.5 cm³/mol. The van der Waals surface area contributed by atoms with Gasteiger partial charge in [-0.1, -0.05) is 0 Å². The van der Waals surface area contributed by atoms with Gasteiger partial charge in [-0.25, -0.2) is 9.31 Å². The van der Waals surface area contributed by atoms with Crippen molar-refractivity contribution in [2.75, 3.05) is 0 Å². The number of rotatable bonds is 2. The maximum atomic E-state index is 10.9. The first-order valence-electron chi connectivity index (χ1n) is 4.30. The number of hydrogen-bond acceptors (Lipinski definition) is 3. The molecule has 0 unspecified atom stereocenters. The first-order valence-corrected chi connectivity index (χ1v) is 4.30. The van der Waals surface area contributed by atoms with Gasteiger partial charge < -0.3 is 5.11 Å². The van der Waals surface area contributed by atoms with Crippen LogP contribution >= 0.6 is 0 Å². The minimum atomic E-state index is -0.996. The van der Waals surface area contributed by atoms with Gasteiger partial charge in [-0.2, -0.15) is 10.4 Å². The van der Waals surface area contributed by atoms with E-state index in [1.165, 1.54) is 10.6 Å². The summed E-state index contributed by atoms with van der Waals surface area (Å²) in [7, 11) is 0. The SMILES string of the molecule is N#CCc1cc2c(C(=O)O)cccn2n1. The fourth-order valence-corrected chi connectivity index (χ4v) is 1.41. The van der Waals surface area contributed by atoms with Gasteiger partial charge in [0.1, 0.15) is 0 Å². The summed E-state index contributed by atoms with van der Waals surface area (Å²) in [6.45, 7) is 0. The average molecular weight is 201 g/mol. The standard InChI is InChI=1S/C10H7N3O2/c11-4-3-7-6-9-8(10(14)15)2-1-5-13(9)12-7/h1-2,5-6H,3H2,(H,14,15). The van der Waals surface area contributed by atoms with E-state index in [0.29, 0.717) is 11.2 Å². The maximum Gasteiger partial charge on any atom is 0.337 e. The smallest absolute Gasteiger partial charge is 0.337 e. The summed E-state index contributed by atoms with van der Waals surface area (Å²) in [5, 5.41) is 21.5. The number of aromatic nitrogens is 2. The first kappa shape index (κ1) is 9.21. The van der Waals surface area contributed by atoms with E-state index in [2.05, 4.69) is 5.10 Å². The van der Waals surface area contributed by atoms with E-state index in [-0.39, 0.29) is 12.0 Å². The van der Waals surface area contributed by atoms with Crippen molar-refractivity contribution < 1.29 is 9.90 Å². The van der Waals surface area contributed by atoms with E-state index in [0.717, 1.165) is 0 Å². The van der Waals surface area contributed by atoms with E-state index >= 15 is 0 Å². The molecule has 0 aromatic carbocycles. The van der Waals surface area contributed by atoms with Crippen LogP contribution in [0.15, 0.2) is 24.4 Å². The van der Waals surface area contributed by atoms with Crippen LogP contribution in [0, 0.1) is 11.3 Å². The molecular weight excluding hydrogens is 194 g/mol. The Bertz CT molecular complexity index is 566. The van der Waals surface area contributed by atoms with Crippen molar-refractivity contribution in [3.8, 4) is 6.07 Å². The number of fused-ring (bicyclic) bond motifs is 1. The molecule has 0 spiro atoms. The molecule has 5 nitrogen and oxygen atoms in total. The number of hydrogen-bond donors (Lipinski definition) is 1. The topological polar surface area (TPSA) is 78.4 Å². The molecule has 0 amide bonds. The quantitative estimate of drug-likeness (QED) is 0.789. The highest BCUT2D eigenvalue weighted by atomic mass is 16.4. The largest absolute Gasteiger partial charge is 0.478 e. The van der Waals surface area contributed by atoms with E-state index in [1.54, 1.807) is 18.3 Å². The van der Waals surface area contributed by atoms with Crippen LogP contribution in [-0.4, -0.2) is 20.7 Å². The Labute approximate surface area is 85.2 Å². The number of aromatic carboxylic acids is 1. The molecule has 0 atom stereocenters. The molecule has 0 aliphatic rings. The summed E-state index contributed by atoms with van der Waals surface area (Å²) < 4.78 is 1.47. The minimum Gasteiger partial charge on any atom is -0.478 e. The van der Waals surface area contributed by atoms with Crippen molar-refractivity contribution in [2.45, 2.75) is 6.42 Å². The van der Waals surface area contributed by atoms with Crippen LogP contribution in [-0.2, 0) is 6.42 Å². The van der Waals surface area contributed by atoms with E-state index < -0.39 is 5.97 Å². The molecule has 15 heavy (non-hydrogen) atoms. The second-order valence-corrected chi connectivity index (χ2v) is 3.03. The highest BCUT2D eigenvalue weighted by molar-refractivity contribution is 5.95. The van der Waals surface area contributed by atoms with Crippen LogP contribution in [0.2, 0.25) is 0 Å². The molecule has 0 aliphatic heterocycles. The number of carboxylic acid groups (broad SMARTS) is 1. The third kappa shape index (κ3) is 1.53. The van der Waals surface area contributed by atoms with Gasteiger partial charge in [0.15, 0.2) is 0 Å². The van der Waals surface area contributed by atoms with Crippen LogP contribution in [0.25, 0.3) is 5.52 Å². The number of nitrogens with zero attached hydrogens (tertiary/aromatic N) is 3. The zero-order chi connectivity index (χ0) is 10.8. The lowest BCUT2D eigenvalue weighted by atomic mass is 10.2. The fraction of sp³-hybridized carbons (Fsp3) is 0.100. The van der Waals surface area contributed by atoms with E-state index in [1.807, 2.05) is 6.07 Å². The van der Waals surface area contributed by atoms with Gasteiger partial charge in [-0.3, -0.25) is 0 Å². The van der Waals surface area contributed by atoms with Crippen molar-refractivity contribution in [1.29, 1.82) is 5.26 Å². The molecule has 0 radical (unpaired) electrons. The van der Waals surface area contributed by atoms with Gasteiger partial charge in [0.25, 0.3) is 0 Å². The van der Waals surface area contributed by atoms with Crippen LogP contribution in [0.5, 0.6) is 0 Å². The summed E-state index contributed by atoms with van der Waals surface area (Å²) in [6, 6.07) is 6.71. The van der Waals surface area contributed by atoms with Gasteiger partial charge in [-0.05, 0) is 18.2 Å². The van der Waals surface area contributed by atoms with Gasteiger partial charge in [-0.15, -0.1) is 0 Å². The molecule has 1 N–H and O–H groups in total. The molecule has 2 aromatic heterocycles. The normalized spacial score (nSPS) is 10.1. The van der Waals surface area contributed by atoms with Crippen LogP contribution in [0.4, 0.5) is 0 Å². The van der Waals surface area contributed by atoms with E-state index in [9.17, 15) is 4.79 Å². The summed E-state index contributed by atoms with van der Waals surface area (Å²) in [4.78, 5) is 10.9. The molecule has 0 saturated carbocycles. The van der Waals surface area contributed by atoms with Crippen LogP contribution in [0.1, 0.15) is 16.1 Å². The van der Waals surface area contributed by atoms with Gasteiger partial charge in [0.2, 0.25) is 0 Å². The monoisotopic (exact) mass is 201 g/mol. The van der Waals surface area contributed by atoms with Crippen molar-refractivity contribution in [3.05, 3.63) is 35.7 Å². The van der Waals surface area contributed by atoms with Crippen LogP contribution in [0.3, 0.4) is 0 Å². The van der Waals surface area contributed by atoms with Crippen LogP contribution < -0.4 is 0 Å². The number of pyridine rings is 1.